The normalized spacial score (nSPS) is 10.3. The van der Waals surface area contributed by atoms with E-state index in [4.69, 9.17) is 0 Å². The second-order valence-electron chi connectivity index (χ2n) is 5.13. The van der Waals surface area contributed by atoms with Crippen molar-refractivity contribution in [3.8, 4) is 0 Å². The van der Waals surface area contributed by atoms with Gasteiger partial charge in [-0.2, -0.15) is 0 Å². The molecule has 122 valence electrons. The van der Waals surface area contributed by atoms with Gasteiger partial charge in [-0.15, -0.1) is 0 Å². The summed E-state index contributed by atoms with van der Waals surface area (Å²) < 4.78 is 13.0. The monoisotopic (exact) mass is 318 g/mol. The zero-order valence-electron chi connectivity index (χ0n) is 13.3. The highest BCUT2D eigenvalue weighted by atomic mass is 19.1. The number of anilines is 2. The fourth-order valence-electron chi connectivity index (χ4n) is 1.88. The Morgan fingerprint density at radius 1 is 1.22 bits per heavy atom. The Kier molecular flexibility index (Phi) is 5.40. The van der Waals surface area contributed by atoms with Gasteiger partial charge in [0.2, 0.25) is 0 Å². The molecule has 0 aliphatic heterocycles. The fourth-order valence-corrected chi connectivity index (χ4v) is 1.88. The second kappa shape index (κ2) is 7.48. The molecule has 0 aliphatic carbocycles. The number of nitrogens with one attached hydrogen (secondary N) is 2. The maximum absolute atomic E-state index is 13.0. The van der Waals surface area contributed by atoms with Crippen molar-refractivity contribution in [2.24, 2.45) is 0 Å². The van der Waals surface area contributed by atoms with E-state index in [9.17, 15) is 9.18 Å². The van der Waals surface area contributed by atoms with Gasteiger partial charge >= 0.3 is 0 Å². The Hall–Kier alpha value is -2.77. The Balaban J connectivity index is 1.85. The lowest BCUT2D eigenvalue weighted by Gasteiger charge is -2.14. The first kappa shape index (κ1) is 16.6. The van der Waals surface area contributed by atoms with Crippen molar-refractivity contribution < 1.29 is 9.18 Å². The number of pyridine rings is 1. The molecule has 0 saturated carbocycles. The first-order chi connectivity index (χ1) is 11.0. The van der Waals surface area contributed by atoms with Gasteiger partial charge in [0.1, 0.15) is 23.3 Å². The van der Waals surface area contributed by atoms with E-state index in [0.717, 1.165) is 18.1 Å². The minimum Gasteiger partial charge on any atom is -0.368 e. The van der Waals surface area contributed by atoms with Crippen LogP contribution >= 0.6 is 0 Å². The number of nitrogens with zero attached hydrogens (tertiary/aromatic N) is 4. The summed E-state index contributed by atoms with van der Waals surface area (Å²) in [6.45, 7) is 2.67. The van der Waals surface area contributed by atoms with Crippen LogP contribution < -0.4 is 15.5 Å². The van der Waals surface area contributed by atoms with Gasteiger partial charge < -0.3 is 15.5 Å². The van der Waals surface area contributed by atoms with E-state index in [0.29, 0.717) is 24.7 Å². The molecule has 1 amide bonds. The predicted octanol–water partition coefficient (Wildman–Crippen LogP) is 1.23. The Bertz CT molecular complexity index is 691. The van der Waals surface area contributed by atoms with Crippen molar-refractivity contribution in [3.05, 3.63) is 41.7 Å². The Morgan fingerprint density at radius 3 is 2.70 bits per heavy atom. The number of rotatable bonds is 6. The molecule has 0 radical (unpaired) electrons. The smallest absolute Gasteiger partial charge is 0.253 e. The van der Waals surface area contributed by atoms with E-state index >= 15 is 0 Å². The van der Waals surface area contributed by atoms with Crippen molar-refractivity contribution in [1.29, 1.82) is 0 Å². The first-order valence-corrected chi connectivity index (χ1v) is 7.11. The zero-order valence-corrected chi connectivity index (χ0v) is 13.3. The molecular formula is C15H19FN6O. The lowest BCUT2D eigenvalue weighted by Crippen LogP contribution is -2.29. The molecule has 0 atom stereocenters. The van der Waals surface area contributed by atoms with Crippen molar-refractivity contribution in [2.75, 3.05) is 37.4 Å². The molecular weight excluding hydrogens is 299 g/mol. The molecule has 2 rings (SSSR count). The molecule has 2 N–H and O–H groups in total. The molecule has 0 saturated heterocycles. The summed E-state index contributed by atoms with van der Waals surface area (Å²) in [5.41, 5.74) is 0.192. The lowest BCUT2D eigenvalue weighted by molar-refractivity contribution is 0.0954. The molecule has 0 aromatic carbocycles. The molecule has 23 heavy (non-hydrogen) atoms. The molecule has 2 aromatic heterocycles. The van der Waals surface area contributed by atoms with Crippen LogP contribution in [0.1, 0.15) is 16.2 Å². The molecule has 7 nitrogen and oxygen atoms in total. The number of hydrogen-bond acceptors (Lipinski definition) is 6. The maximum atomic E-state index is 13.0. The number of hydrogen-bond donors (Lipinski definition) is 2. The average molecular weight is 318 g/mol. The summed E-state index contributed by atoms with van der Waals surface area (Å²) in [4.78, 5) is 25.9. The van der Waals surface area contributed by atoms with Gasteiger partial charge in [-0.25, -0.2) is 14.4 Å². The first-order valence-electron chi connectivity index (χ1n) is 7.11. The largest absolute Gasteiger partial charge is 0.368 e. The van der Waals surface area contributed by atoms with E-state index in [1.165, 1.54) is 6.20 Å². The topological polar surface area (TPSA) is 83.0 Å². The summed E-state index contributed by atoms with van der Waals surface area (Å²) in [6.07, 6.45) is 2.38. The molecule has 0 fully saturated rings. The minimum atomic E-state index is -0.538. The third-order valence-corrected chi connectivity index (χ3v) is 2.97. The van der Waals surface area contributed by atoms with Gasteiger partial charge in [0.15, 0.2) is 0 Å². The number of amides is 1. The van der Waals surface area contributed by atoms with Crippen molar-refractivity contribution in [3.63, 3.8) is 0 Å². The Labute approximate surface area is 134 Å². The average Bonchev–Trinajstić information content (AvgIpc) is 2.50. The SMILES string of the molecule is Cc1nc(NCCNC(=O)c2cncc(F)c2)cc(N(C)C)n1. The van der Waals surface area contributed by atoms with Crippen LogP contribution in [0.4, 0.5) is 16.0 Å². The van der Waals surface area contributed by atoms with Crippen molar-refractivity contribution in [1.82, 2.24) is 20.3 Å². The van der Waals surface area contributed by atoms with Gasteiger partial charge in [0.25, 0.3) is 5.91 Å². The minimum absolute atomic E-state index is 0.192. The highest BCUT2D eigenvalue weighted by Gasteiger charge is 2.07. The standard InChI is InChI=1S/C15H19FN6O/c1-10-20-13(7-14(21-10)22(2)3)18-4-5-19-15(23)11-6-12(16)9-17-8-11/h6-9H,4-5H2,1-3H3,(H,19,23)(H,18,20,21). The molecule has 0 spiro atoms. The van der Waals surface area contributed by atoms with Crippen LogP contribution in [-0.2, 0) is 0 Å². The summed E-state index contributed by atoms with van der Waals surface area (Å²) in [6, 6.07) is 2.97. The molecule has 2 heterocycles. The summed E-state index contributed by atoms with van der Waals surface area (Å²) in [5, 5.41) is 5.80. The van der Waals surface area contributed by atoms with Crippen LogP contribution in [0.3, 0.4) is 0 Å². The number of carbonyl (C=O) groups is 1. The van der Waals surface area contributed by atoms with Crippen LogP contribution in [0.5, 0.6) is 0 Å². The lowest BCUT2D eigenvalue weighted by atomic mass is 10.2. The van der Waals surface area contributed by atoms with E-state index in [-0.39, 0.29) is 11.5 Å². The summed E-state index contributed by atoms with van der Waals surface area (Å²) in [5.74, 6) is 1.24. The van der Waals surface area contributed by atoms with Crippen molar-refractivity contribution >= 4 is 17.5 Å². The fraction of sp³-hybridized carbons (Fsp3) is 0.333. The maximum Gasteiger partial charge on any atom is 0.253 e. The highest BCUT2D eigenvalue weighted by Crippen LogP contribution is 2.12. The third kappa shape index (κ3) is 4.87. The van der Waals surface area contributed by atoms with Crippen LogP contribution in [-0.4, -0.2) is 48.0 Å². The molecule has 2 aromatic rings. The summed E-state index contributed by atoms with van der Waals surface area (Å²) >= 11 is 0. The molecule has 0 aliphatic rings. The molecule has 8 heteroatoms. The summed E-state index contributed by atoms with van der Waals surface area (Å²) in [7, 11) is 3.80. The number of aryl methyl sites for hydroxylation is 1. The van der Waals surface area contributed by atoms with Crippen LogP contribution in [0.25, 0.3) is 0 Å². The van der Waals surface area contributed by atoms with E-state index in [1.807, 2.05) is 32.0 Å². The molecule has 0 unspecified atom stereocenters. The highest BCUT2D eigenvalue weighted by molar-refractivity contribution is 5.93. The van der Waals surface area contributed by atoms with Crippen LogP contribution in [0, 0.1) is 12.7 Å². The van der Waals surface area contributed by atoms with E-state index in [1.54, 1.807) is 0 Å². The van der Waals surface area contributed by atoms with Gasteiger partial charge in [-0.05, 0) is 13.0 Å². The van der Waals surface area contributed by atoms with E-state index in [2.05, 4.69) is 25.6 Å². The Morgan fingerprint density at radius 2 is 2.00 bits per heavy atom. The quantitative estimate of drug-likeness (QED) is 0.780. The van der Waals surface area contributed by atoms with Crippen LogP contribution in [0.2, 0.25) is 0 Å². The van der Waals surface area contributed by atoms with Crippen LogP contribution in [0.15, 0.2) is 24.5 Å². The number of aromatic nitrogens is 3. The predicted molar refractivity (Wildman–Crippen MR) is 86.1 cm³/mol. The number of carbonyl (C=O) groups excluding carboxylic acids is 1. The third-order valence-electron chi connectivity index (χ3n) is 2.97. The van der Waals surface area contributed by atoms with Gasteiger partial charge in [0.05, 0.1) is 11.8 Å². The van der Waals surface area contributed by atoms with Crippen molar-refractivity contribution in [2.45, 2.75) is 6.92 Å². The zero-order chi connectivity index (χ0) is 16.8. The van der Waals surface area contributed by atoms with Gasteiger partial charge in [0, 0.05) is 39.4 Å². The van der Waals surface area contributed by atoms with Gasteiger partial charge in [-0.3, -0.25) is 9.78 Å². The van der Waals surface area contributed by atoms with E-state index < -0.39 is 5.82 Å². The second-order valence-corrected chi connectivity index (χ2v) is 5.13. The van der Waals surface area contributed by atoms with Gasteiger partial charge in [-0.1, -0.05) is 0 Å². The molecule has 0 bridgehead atoms. The number of halogens is 1.